The van der Waals surface area contributed by atoms with Crippen LogP contribution in [0.2, 0.25) is 0 Å². The van der Waals surface area contributed by atoms with Crippen LogP contribution < -0.4 is 30.4 Å². The molecule has 2 aromatic carbocycles. The number of hydrogen-bond donors (Lipinski definition) is 2. The summed E-state index contributed by atoms with van der Waals surface area (Å²) in [6.07, 6.45) is 5.99. The summed E-state index contributed by atoms with van der Waals surface area (Å²) >= 11 is 0. The van der Waals surface area contributed by atoms with E-state index in [2.05, 4.69) is 0 Å². The van der Waals surface area contributed by atoms with Crippen LogP contribution in [0, 0.1) is 0 Å². The van der Waals surface area contributed by atoms with Crippen molar-refractivity contribution in [1.82, 2.24) is 0 Å². The molecule has 164 valence electrons. The van der Waals surface area contributed by atoms with E-state index in [1.165, 1.54) is 0 Å². The number of carbonyl (C=O) groups excluding carboxylic acids is 1. The molecule has 0 aromatic heterocycles. The molecule has 3 rings (SSSR count). The van der Waals surface area contributed by atoms with Gasteiger partial charge in [0, 0.05) is 11.1 Å². The maximum Gasteiger partial charge on any atom is 0.185 e. The molecule has 0 amide bonds. The van der Waals surface area contributed by atoms with Crippen molar-refractivity contribution < 1.29 is 23.7 Å². The zero-order chi connectivity index (χ0) is 22.5. The molecule has 0 radical (unpaired) electrons. The average Bonchev–Trinajstić information content (AvgIpc) is 2.78. The fourth-order valence-electron chi connectivity index (χ4n) is 3.67. The van der Waals surface area contributed by atoms with Gasteiger partial charge in [-0.2, -0.15) is 0 Å². The maximum absolute atomic E-state index is 13.2. The van der Waals surface area contributed by atoms with E-state index in [1.54, 1.807) is 52.7 Å². The van der Waals surface area contributed by atoms with Crippen molar-refractivity contribution in [2.45, 2.75) is 19.3 Å². The highest BCUT2D eigenvalue weighted by molar-refractivity contribution is 6.14. The molecular weight excluding hydrogens is 396 g/mol. The molecule has 4 N–H and O–H groups in total. The summed E-state index contributed by atoms with van der Waals surface area (Å²) in [4.78, 5) is 13.2. The third kappa shape index (κ3) is 4.60. The molecule has 0 saturated heterocycles. The zero-order valence-electron chi connectivity index (χ0n) is 18.3. The second kappa shape index (κ2) is 9.47. The van der Waals surface area contributed by atoms with Crippen LogP contribution in [0.3, 0.4) is 0 Å². The maximum atomic E-state index is 13.2. The summed E-state index contributed by atoms with van der Waals surface area (Å²) in [7, 11) is 6.18. The predicted molar refractivity (Wildman–Crippen MR) is 123 cm³/mol. The summed E-state index contributed by atoms with van der Waals surface area (Å²) < 4.78 is 21.3. The van der Waals surface area contributed by atoms with Crippen molar-refractivity contribution in [2.24, 2.45) is 0 Å². The molecule has 0 aliphatic heterocycles. The highest BCUT2D eigenvalue weighted by Crippen LogP contribution is 2.37. The van der Waals surface area contributed by atoms with Gasteiger partial charge in [-0.1, -0.05) is 0 Å². The fourth-order valence-corrected chi connectivity index (χ4v) is 3.67. The lowest BCUT2D eigenvalue weighted by Gasteiger charge is -2.18. The van der Waals surface area contributed by atoms with Gasteiger partial charge in [0.15, 0.2) is 5.78 Å². The first-order chi connectivity index (χ1) is 14.9. The van der Waals surface area contributed by atoms with E-state index in [9.17, 15) is 4.79 Å². The van der Waals surface area contributed by atoms with Crippen molar-refractivity contribution in [3.63, 3.8) is 0 Å². The third-order valence-corrected chi connectivity index (χ3v) is 5.29. The van der Waals surface area contributed by atoms with Crippen LogP contribution in [-0.4, -0.2) is 34.2 Å². The minimum absolute atomic E-state index is 0.00997. The Morgan fingerprint density at radius 3 is 1.29 bits per heavy atom. The number of ether oxygens (including phenoxy) is 4. The second-order valence-electron chi connectivity index (χ2n) is 7.20. The largest absolute Gasteiger partial charge is 0.494 e. The van der Waals surface area contributed by atoms with E-state index in [-0.39, 0.29) is 5.78 Å². The van der Waals surface area contributed by atoms with Gasteiger partial charge in [0.25, 0.3) is 0 Å². The lowest BCUT2D eigenvalue weighted by Crippen LogP contribution is -2.12. The van der Waals surface area contributed by atoms with Crippen LogP contribution >= 0.6 is 0 Å². The summed E-state index contributed by atoms with van der Waals surface area (Å²) in [5, 5.41) is 0. The first kappa shape index (κ1) is 22.1. The van der Waals surface area contributed by atoms with Crippen LogP contribution in [0.4, 0.5) is 11.4 Å². The van der Waals surface area contributed by atoms with E-state index < -0.39 is 0 Å². The number of benzene rings is 2. The summed E-state index contributed by atoms with van der Waals surface area (Å²) in [5.74, 6) is 2.03. The molecule has 31 heavy (non-hydrogen) atoms. The van der Waals surface area contributed by atoms with Gasteiger partial charge in [-0.15, -0.1) is 0 Å². The minimum atomic E-state index is 0.00997. The molecule has 1 aliphatic rings. The standard InChI is InChI=1S/C24H28N2O5/c1-28-18-10-14(11-19(29-2)22(18)25)8-16-6-5-7-17(24(16)27)9-15-12-20(30-3)23(26)21(13-15)31-4/h8-13H,5-7,25-26H2,1-4H3. The molecule has 0 atom stereocenters. The van der Waals surface area contributed by atoms with Crippen molar-refractivity contribution in [3.05, 3.63) is 46.5 Å². The van der Waals surface area contributed by atoms with Gasteiger partial charge in [0.05, 0.1) is 28.4 Å². The topological polar surface area (TPSA) is 106 Å². The van der Waals surface area contributed by atoms with Gasteiger partial charge < -0.3 is 30.4 Å². The van der Waals surface area contributed by atoms with Crippen LogP contribution in [-0.2, 0) is 4.79 Å². The Hall–Kier alpha value is -3.61. The van der Waals surface area contributed by atoms with Gasteiger partial charge in [0.2, 0.25) is 0 Å². The molecular formula is C24H28N2O5. The van der Waals surface area contributed by atoms with Crippen LogP contribution in [0.25, 0.3) is 12.2 Å². The first-order valence-corrected chi connectivity index (χ1v) is 9.90. The van der Waals surface area contributed by atoms with Gasteiger partial charge >= 0.3 is 0 Å². The number of anilines is 2. The predicted octanol–water partition coefficient (Wildman–Crippen LogP) is 4.11. The lowest BCUT2D eigenvalue weighted by atomic mass is 9.86. The number of carbonyl (C=O) groups is 1. The summed E-state index contributed by atoms with van der Waals surface area (Å²) in [5.41, 5.74) is 15.9. The molecule has 1 saturated carbocycles. The summed E-state index contributed by atoms with van der Waals surface area (Å²) in [6.45, 7) is 0. The number of allylic oxidation sites excluding steroid dienone is 2. The number of hydrogen-bond acceptors (Lipinski definition) is 7. The highest BCUT2D eigenvalue weighted by atomic mass is 16.5. The average molecular weight is 424 g/mol. The first-order valence-electron chi connectivity index (χ1n) is 9.90. The Bertz CT molecular complexity index is 924. The number of nitrogen functional groups attached to an aromatic ring is 2. The molecule has 1 fully saturated rings. The second-order valence-corrected chi connectivity index (χ2v) is 7.20. The Balaban J connectivity index is 1.97. The zero-order valence-corrected chi connectivity index (χ0v) is 18.3. The smallest absolute Gasteiger partial charge is 0.185 e. The van der Waals surface area contributed by atoms with Gasteiger partial charge in [-0.25, -0.2) is 0 Å². The van der Waals surface area contributed by atoms with Crippen molar-refractivity contribution in [1.29, 1.82) is 0 Å². The van der Waals surface area contributed by atoms with Gasteiger partial charge in [-0.3, -0.25) is 4.79 Å². The van der Waals surface area contributed by atoms with E-state index in [0.29, 0.717) is 47.2 Å². The normalized spacial score (nSPS) is 16.5. The van der Waals surface area contributed by atoms with Gasteiger partial charge in [-0.05, 0) is 66.8 Å². The van der Waals surface area contributed by atoms with E-state index >= 15 is 0 Å². The Labute approximate surface area is 182 Å². The Kier molecular flexibility index (Phi) is 6.74. The highest BCUT2D eigenvalue weighted by Gasteiger charge is 2.21. The van der Waals surface area contributed by atoms with E-state index in [0.717, 1.165) is 28.7 Å². The number of nitrogens with two attached hydrogens (primary N) is 2. The molecule has 7 nitrogen and oxygen atoms in total. The van der Waals surface area contributed by atoms with Crippen molar-refractivity contribution in [3.8, 4) is 23.0 Å². The molecule has 1 aliphatic carbocycles. The van der Waals surface area contributed by atoms with Crippen LogP contribution in [0.5, 0.6) is 23.0 Å². The van der Waals surface area contributed by atoms with Crippen LogP contribution in [0.1, 0.15) is 30.4 Å². The number of methoxy groups -OCH3 is 4. The number of ketones is 1. The Morgan fingerprint density at radius 1 is 0.677 bits per heavy atom. The van der Waals surface area contributed by atoms with E-state index in [4.69, 9.17) is 30.4 Å². The fraction of sp³-hybridized carbons (Fsp3) is 0.292. The molecule has 0 bridgehead atoms. The lowest BCUT2D eigenvalue weighted by molar-refractivity contribution is -0.112. The van der Waals surface area contributed by atoms with Gasteiger partial charge in [0.1, 0.15) is 34.4 Å². The molecule has 0 heterocycles. The third-order valence-electron chi connectivity index (χ3n) is 5.29. The Morgan fingerprint density at radius 2 is 1.00 bits per heavy atom. The molecule has 0 spiro atoms. The van der Waals surface area contributed by atoms with Crippen molar-refractivity contribution in [2.75, 3.05) is 39.9 Å². The quantitative estimate of drug-likeness (QED) is 0.531. The SMILES string of the molecule is COc1cc(C=C2CCCC(=Cc3cc(OC)c(N)c(OC)c3)C2=O)cc(OC)c1N. The number of Topliss-reactive ketones (excluding diaryl/α,β-unsaturated/α-hetero) is 1. The number of rotatable bonds is 6. The molecule has 7 heteroatoms. The summed E-state index contributed by atoms with van der Waals surface area (Å²) in [6, 6.07) is 7.19. The minimum Gasteiger partial charge on any atom is -0.494 e. The van der Waals surface area contributed by atoms with Crippen molar-refractivity contribution >= 4 is 29.3 Å². The monoisotopic (exact) mass is 424 g/mol. The molecule has 0 unspecified atom stereocenters. The molecule has 2 aromatic rings. The van der Waals surface area contributed by atoms with Crippen LogP contribution in [0.15, 0.2) is 35.4 Å². The van der Waals surface area contributed by atoms with E-state index in [1.807, 2.05) is 12.2 Å².